The Morgan fingerprint density at radius 2 is 1.57 bits per heavy atom. The number of ether oxygens (including phenoxy) is 1. The molecule has 0 N–H and O–H groups in total. The van der Waals surface area contributed by atoms with Crippen LogP contribution in [0.4, 0.5) is 0 Å². The summed E-state index contributed by atoms with van der Waals surface area (Å²) < 4.78 is 5.83. The quantitative estimate of drug-likeness (QED) is 0.397. The molecular formula is C20H34O. The van der Waals surface area contributed by atoms with E-state index in [1.807, 2.05) is 6.26 Å². The number of allylic oxidation sites excluding steroid dienone is 2. The molecule has 0 saturated heterocycles. The highest BCUT2D eigenvalue weighted by atomic mass is 16.5. The SMILES string of the molecule is C=CCCC1CCC(C2CCC(O/C=C/CC)CC2)CC1. The van der Waals surface area contributed by atoms with Gasteiger partial charge < -0.3 is 4.74 Å². The molecule has 0 heterocycles. The first-order valence-electron chi connectivity index (χ1n) is 9.24. The van der Waals surface area contributed by atoms with Crippen LogP contribution in [0.15, 0.2) is 25.0 Å². The van der Waals surface area contributed by atoms with Crippen LogP contribution in [0.25, 0.3) is 0 Å². The van der Waals surface area contributed by atoms with E-state index >= 15 is 0 Å². The normalized spacial score (nSPS) is 34.0. The highest BCUT2D eigenvalue weighted by Gasteiger charge is 2.30. The third-order valence-corrected chi connectivity index (χ3v) is 5.66. The first kappa shape index (κ1) is 16.6. The van der Waals surface area contributed by atoms with Crippen LogP contribution in [0.2, 0.25) is 0 Å². The zero-order valence-corrected chi connectivity index (χ0v) is 13.9. The van der Waals surface area contributed by atoms with Crippen LogP contribution in [0, 0.1) is 17.8 Å². The van der Waals surface area contributed by atoms with Crippen molar-refractivity contribution in [3.63, 3.8) is 0 Å². The van der Waals surface area contributed by atoms with E-state index in [0.717, 1.165) is 24.2 Å². The van der Waals surface area contributed by atoms with Crippen LogP contribution in [0.3, 0.4) is 0 Å². The van der Waals surface area contributed by atoms with Gasteiger partial charge in [0.1, 0.15) is 0 Å². The van der Waals surface area contributed by atoms with Crippen molar-refractivity contribution in [3.05, 3.63) is 25.0 Å². The van der Waals surface area contributed by atoms with E-state index in [0.29, 0.717) is 6.10 Å². The van der Waals surface area contributed by atoms with Crippen molar-refractivity contribution in [2.24, 2.45) is 17.8 Å². The summed E-state index contributed by atoms with van der Waals surface area (Å²) >= 11 is 0. The lowest BCUT2D eigenvalue weighted by atomic mass is 9.70. The van der Waals surface area contributed by atoms with Gasteiger partial charge in [0, 0.05) is 0 Å². The monoisotopic (exact) mass is 290 g/mol. The Bertz CT molecular complexity index is 304. The lowest BCUT2D eigenvalue weighted by Crippen LogP contribution is -2.28. The van der Waals surface area contributed by atoms with Crippen molar-refractivity contribution in [1.82, 2.24) is 0 Å². The summed E-state index contributed by atoms with van der Waals surface area (Å²) in [7, 11) is 0. The van der Waals surface area contributed by atoms with Crippen molar-refractivity contribution in [2.45, 2.75) is 83.7 Å². The molecule has 0 unspecified atom stereocenters. The summed E-state index contributed by atoms with van der Waals surface area (Å²) in [4.78, 5) is 0. The van der Waals surface area contributed by atoms with E-state index in [-0.39, 0.29) is 0 Å². The molecular weight excluding hydrogens is 256 g/mol. The molecule has 0 aromatic rings. The molecule has 120 valence electrons. The standard InChI is InChI=1S/C20H34O/c1-3-5-7-17-8-10-18(11-9-17)19-12-14-20(15-13-19)21-16-6-4-2/h3,6,16-20H,1,4-5,7-15H2,2H3/b16-6+. The maximum atomic E-state index is 5.83. The van der Waals surface area contributed by atoms with Crippen LogP contribution >= 0.6 is 0 Å². The average Bonchev–Trinajstić information content (AvgIpc) is 2.54. The van der Waals surface area contributed by atoms with E-state index < -0.39 is 0 Å². The first-order valence-corrected chi connectivity index (χ1v) is 9.24. The lowest BCUT2D eigenvalue weighted by Gasteiger charge is -2.37. The van der Waals surface area contributed by atoms with Crippen molar-refractivity contribution in [1.29, 1.82) is 0 Å². The zero-order chi connectivity index (χ0) is 14.9. The largest absolute Gasteiger partial charge is 0.498 e. The van der Waals surface area contributed by atoms with Gasteiger partial charge in [-0.2, -0.15) is 0 Å². The minimum atomic E-state index is 0.494. The average molecular weight is 290 g/mol. The molecule has 2 saturated carbocycles. The third-order valence-electron chi connectivity index (χ3n) is 5.66. The second-order valence-corrected chi connectivity index (χ2v) is 7.10. The fourth-order valence-electron chi connectivity index (χ4n) is 4.26. The fourth-order valence-corrected chi connectivity index (χ4v) is 4.26. The summed E-state index contributed by atoms with van der Waals surface area (Å²) in [6.07, 6.45) is 21.5. The van der Waals surface area contributed by atoms with Gasteiger partial charge in [0.15, 0.2) is 0 Å². The van der Waals surface area contributed by atoms with Gasteiger partial charge in [-0.1, -0.05) is 31.9 Å². The van der Waals surface area contributed by atoms with Gasteiger partial charge in [-0.05, 0) is 75.5 Å². The van der Waals surface area contributed by atoms with Crippen LogP contribution in [0.1, 0.15) is 77.6 Å². The third kappa shape index (κ3) is 5.52. The zero-order valence-electron chi connectivity index (χ0n) is 13.9. The Morgan fingerprint density at radius 3 is 2.14 bits per heavy atom. The van der Waals surface area contributed by atoms with Gasteiger partial charge in [-0.15, -0.1) is 6.58 Å². The second kappa shape index (κ2) is 9.33. The highest BCUT2D eigenvalue weighted by molar-refractivity contribution is 4.84. The molecule has 2 fully saturated rings. The topological polar surface area (TPSA) is 9.23 Å². The molecule has 0 atom stereocenters. The van der Waals surface area contributed by atoms with Gasteiger partial charge in [0.05, 0.1) is 12.4 Å². The van der Waals surface area contributed by atoms with Gasteiger partial charge in [0.25, 0.3) is 0 Å². The Morgan fingerprint density at radius 1 is 0.952 bits per heavy atom. The molecule has 0 aromatic heterocycles. The number of hydrogen-bond acceptors (Lipinski definition) is 1. The Balaban J connectivity index is 1.64. The minimum Gasteiger partial charge on any atom is -0.498 e. The molecule has 2 aliphatic carbocycles. The molecule has 0 spiro atoms. The summed E-state index contributed by atoms with van der Waals surface area (Å²) in [6.45, 7) is 6.01. The van der Waals surface area contributed by atoms with E-state index in [2.05, 4.69) is 25.7 Å². The first-order chi connectivity index (χ1) is 10.3. The van der Waals surface area contributed by atoms with Crippen LogP contribution in [-0.4, -0.2) is 6.10 Å². The molecule has 0 bridgehead atoms. The Labute approximate surface area is 131 Å². The molecule has 0 radical (unpaired) electrons. The smallest absolute Gasteiger partial charge is 0.0978 e. The summed E-state index contributed by atoms with van der Waals surface area (Å²) in [6, 6.07) is 0. The van der Waals surface area contributed by atoms with Gasteiger partial charge in [0.2, 0.25) is 0 Å². The highest BCUT2D eigenvalue weighted by Crippen LogP contribution is 2.41. The minimum absolute atomic E-state index is 0.494. The molecule has 2 aliphatic rings. The van der Waals surface area contributed by atoms with Gasteiger partial charge >= 0.3 is 0 Å². The predicted octanol–water partition coefficient (Wildman–Crippen LogP) is 6.26. The van der Waals surface area contributed by atoms with Crippen molar-refractivity contribution < 1.29 is 4.74 Å². The number of rotatable bonds is 7. The molecule has 0 amide bonds. The molecule has 0 aromatic carbocycles. The van der Waals surface area contributed by atoms with E-state index in [4.69, 9.17) is 4.74 Å². The fraction of sp³-hybridized carbons (Fsp3) is 0.800. The molecule has 1 heteroatoms. The maximum absolute atomic E-state index is 5.83. The van der Waals surface area contributed by atoms with Crippen LogP contribution < -0.4 is 0 Å². The van der Waals surface area contributed by atoms with E-state index in [1.165, 1.54) is 64.2 Å². The van der Waals surface area contributed by atoms with Gasteiger partial charge in [-0.3, -0.25) is 0 Å². The summed E-state index contributed by atoms with van der Waals surface area (Å²) in [5, 5.41) is 0. The Hall–Kier alpha value is -0.720. The molecule has 21 heavy (non-hydrogen) atoms. The molecule has 2 rings (SSSR count). The number of hydrogen-bond donors (Lipinski definition) is 0. The Kier molecular flexibility index (Phi) is 7.39. The van der Waals surface area contributed by atoms with E-state index in [1.54, 1.807) is 0 Å². The van der Waals surface area contributed by atoms with Crippen LogP contribution in [0.5, 0.6) is 0 Å². The van der Waals surface area contributed by atoms with Crippen molar-refractivity contribution in [2.75, 3.05) is 0 Å². The van der Waals surface area contributed by atoms with Gasteiger partial charge in [-0.25, -0.2) is 0 Å². The maximum Gasteiger partial charge on any atom is 0.0978 e. The summed E-state index contributed by atoms with van der Waals surface area (Å²) in [5.41, 5.74) is 0. The van der Waals surface area contributed by atoms with E-state index in [9.17, 15) is 0 Å². The lowest BCUT2D eigenvalue weighted by molar-refractivity contribution is 0.0629. The molecule has 1 nitrogen and oxygen atoms in total. The van der Waals surface area contributed by atoms with Crippen molar-refractivity contribution >= 4 is 0 Å². The van der Waals surface area contributed by atoms with Crippen LogP contribution in [-0.2, 0) is 4.74 Å². The predicted molar refractivity (Wildman–Crippen MR) is 91.1 cm³/mol. The summed E-state index contributed by atoms with van der Waals surface area (Å²) in [5.74, 6) is 2.98. The van der Waals surface area contributed by atoms with Crippen molar-refractivity contribution in [3.8, 4) is 0 Å². The second-order valence-electron chi connectivity index (χ2n) is 7.10. The molecule has 0 aliphatic heterocycles.